The van der Waals surface area contributed by atoms with E-state index in [-0.39, 0.29) is 5.82 Å². The van der Waals surface area contributed by atoms with Gasteiger partial charge < -0.3 is 19.6 Å². The van der Waals surface area contributed by atoms with Crippen molar-refractivity contribution in [2.24, 2.45) is 0 Å². The van der Waals surface area contributed by atoms with Crippen LogP contribution < -0.4 is 5.32 Å². The summed E-state index contributed by atoms with van der Waals surface area (Å²) in [6.45, 7) is 7.42. The molecule has 0 saturated heterocycles. The molecule has 0 fully saturated rings. The minimum atomic E-state index is -0.229. The molecule has 2 N–H and O–H groups in total. The van der Waals surface area contributed by atoms with E-state index in [0.717, 1.165) is 40.0 Å². The lowest BCUT2D eigenvalue weighted by atomic mass is 10.1. The van der Waals surface area contributed by atoms with Crippen LogP contribution in [0.25, 0.3) is 10.9 Å². The third-order valence-electron chi connectivity index (χ3n) is 5.77. The van der Waals surface area contributed by atoms with E-state index in [2.05, 4.69) is 35.1 Å². The molecule has 4 nitrogen and oxygen atoms in total. The van der Waals surface area contributed by atoms with Crippen LogP contribution in [0.3, 0.4) is 0 Å². The monoisotopic (exact) mass is 435 g/mol. The number of aromatic amines is 1. The number of anilines is 1. The number of furan rings is 1. The smallest absolute Gasteiger partial charge is 0.173 e. The highest BCUT2D eigenvalue weighted by Gasteiger charge is 2.16. The van der Waals surface area contributed by atoms with Gasteiger partial charge in [-0.2, -0.15) is 0 Å². The van der Waals surface area contributed by atoms with Gasteiger partial charge in [-0.05, 0) is 92.5 Å². The number of fused-ring (bicyclic) bond motifs is 1. The van der Waals surface area contributed by atoms with Crippen molar-refractivity contribution >= 4 is 33.9 Å². The fourth-order valence-corrected chi connectivity index (χ4v) is 4.11. The Bertz CT molecular complexity index is 1210. The minimum absolute atomic E-state index is 0.229. The molecular formula is C25H26FN3OS. The van der Waals surface area contributed by atoms with Gasteiger partial charge in [-0.3, -0.25) is 0 Å². The molecule has 31 heavy (non-hydrogen) atoms. The van der Waals surface area contributed by atoms with Gasteiger partial charge >= 0.3 is 0 Å². The minimum Gasteiger partial charge on any atom is -0.467 e. The molecule has 0 atom stereocenters. The predicted molar refractivity (Wildman–Crippen MR) is 128 cm³/mol. The number of hydrogen-bond donors (Lipinski definition) is 2. The van der Waals surface area contributed by atoms with E-state index in [1.54, 1.807) is 18.4 Å². The zero-order valence-corrected chi connectivity index (χ0v) is 18.8. The van der Waals surface area contributed by atoms with Crippen molar-refractivity contribution in [2.45, 2.75) is 33.7 Å². The van der Waals surface area contributed by atoms with E-state index in [1.165, 1.54) is 17.2 Å². The number of H-pyrrole nitrogens is 1. The predicted octanol–water partition coefficient (Wildman–Crippen LogP) is 6.27. The van der Waals surface area contributed by atoms with E-state index in [9.17, 15) is 4.39 Å². The van der Waals surface area contributed by atoms with Crippen molar-refractivity contribution in [3.63, 3.8) is 0 Å². The number of nitrogens with one attached hydrogen (secondary N) is 2. The molecule has 160 valence electrons. The molecular weight excluding hydrogens is 409 g/mol. The zero-order valence-electron chi connectivity index (χ0n) is 18.0. The largest absolute Gasteiger partial charge is 0.467 e. The number of rotatable bonds is 6. The molecule has 0 saturated carbocycles. The summed E-state index contributed by atoms with van der Waals surface area (Å²) < 4.78 is 19.4. The van der Waals surface area contributed by atoms with Crippen LogP contribution in [0, 0.1) is 26.6 Å². The first-order valence-electron chi connectivity index (χ1n) is 10.3. The maximum Gasteiger partial charge on any atom is 0.173 e. The molecule has 0 aliphatic rings. The number of benzene rings is 2. The second-order valence-electron chi connectivity index (χ2n) is 7.85. The first kappa shape index (κ1) is 21.1. The van der Waals surface area contributed by atoms with Crippen molar-refractivity contribution in [1.29, 1.82) is 0 Å². The van der Waals surface area contributed by atoms with Crippen LogP contribution in [0.5, 0.6) is 0 Å². The summed E-state index contributed by atoms with van der Waals surface area (Å²) in [4.78, 5) is 5.44. The van der Waals surface area contributed by atoms with Crippen LogP contribution in [0.15, 0.2) is 59.2 Å². The molecule has 0 unspecified atom stereocenters. The number of nitrogens with zero attached hydrogens (tertiary/aromatic N) is 1. The lowest BCUT2D eigenvalue weighted by molar-refractivity contribution is 0.368. The molecule has 0 radical (unpaired) electrons. The molecule has 2 aromatic heterocycles. The molecule has 6 heteroatoms. The average molecular weight is 436 g/mol. The Balaban J connectivity index is 1.57. The van der Waals surface area contributed by atoms with Gasteiger partial charge in [0.2, 0.25) is 0 Å². The molecule has 0 bridgehead atoms. The normalized spacial score (nSPS) is 11.1. The quantitative estimate of drug-likeness (QED) is 0.351. The summed E-state index contributed by atoms with van der Waals surface area (Å²) in [5, 5.41) is 4.96. The SMILES string of the molecule is Cc1cccc(NC(=S)N(CCc2c(C)[nH]c3ccc(F)cc23)Cc2ccco2)c1C. The molecule has 0 spiro atoms. The molecule has 0 amide bonds. The highest BCUT2D eigenvalue weighted by atomic mass is 32.1. The van der Waals surface area contributed by atoms with Crippen LogP contribution in [-0.4, -0.2) is 21.5 Å². The van der Waals surface area contributed by atoms with E-state index in [1.807, 2.05) is 31.2 Å². The van der Waals surface area contributed by atoms with Gasteiger partial charge in [0, 0.05) is 28.8 Å². The van der Waals surface area contributed by atoms with Crippen LogP contribution in [-0.2, 0) is 13.0 Å². The number of thiocarbonyl (C=S) groups is 1. The van der Waals surface area contributed by atoms with E-state index >= 15 is 0 Å². The van der Waals surface area contributed by atoms with Crippen molar-refractivity contribution in [1.82, 2.24) is 9.88 Å². The van der Waals surface area contributed by atoms with E-state index in [4.69, 9.17) is 16.6 Å². The van der Waals surface area contributed by atoms with E-state index in [0.29, 0.717) is 18.2 Å². The fraction of sp³-hybridized carbons (Fsp3) is 0.240. The average Bonchev–Trinajstić information content (AvgIpc) is 3.36. The maximum atomic E-state index is 13.9. The van der Waals surface area contributed by atoms with Gasteiger partial charge in [-0.1, -0.05) is 12.1 Å². The van der Waals surface area contributed by atoms with Gasteiger partial charge in [0.05, 0.1) is 12.8 Å². The Labute approximate surface area is 187 Å². The van der Waals surface area contributed by atoms with Crippen molar-refractivity contribution < 1.29 is 8.81 Å². The van der Waals surface area contributed by atoms with Gasteiger partial charge in [0.25, 0.3) is 0 Å². The summed E-state index contributed by atoms with van der Waals surface area (Å²) in [5.41, 5.74) is 6.48. The Morgan fingerprint density at radius 2 is 1.97 bits per heavy atom. The third kappa shape index (κ3) is 4.64. The van der Waals surface area contributed by atoms with Gasteiger partial charge in [0.1, 0.15) is 11.6 Å². The number of aromatic nitrogens is 1. The Hall–Kier alpha value is -3.12. The standard InChI is InChI=1S/C25H26FN3OS/c1-16-6-4-8-23(17(16)2)28-25(31)29(15-20-7-5-13-30-20)12-11-21-18(3)27-24-10-9-19(26)14-22(21)24/h4-10,13-14,27H,11-12,15H2,1-3H3,(H,28,31). The number of hydrogen-bond acceptors (Lipinski definition) is 2. The Kier molecular flexibility index (Phi) is 6.09. The second-order valence-corrected chi connectivity index (χ2v) is 8.23. The molecule has 4 rings (SSSR count). The Morgan fingerprint density at radius 3 is 2.74 bits per heavy atom. The van der Waals surface area contributed by atoms with Crippen LogP contribution >= 0.6 is 12.2 Å². The van der Waals surface area contributed by atoms with Crippen molar-refractivity contribution in [3.8, 4) is 0 Å². The first-order valence-corrected chi connectivity index (χ1v) is 10.7. The lowest BCUT2D eigenvalue weighted by Crippen LogP contribution is -2.36. The fourth-order valence-electron chi connectivity index (χ4n) is 3.85. The number of halogens is 1. The zero-order chi connectivity index (χ0) is 22.0. The van der Waals surface area contributed by atoms with Gasteiger partial charge in [-0.25, -0.2) is 4.39 Å². The highest BCUT2D eigenvalue weighted by Crippen LogP contribution is 2.25. The highest BCUT2D eigenvalue weighted by molar-refractivity contribution is 7.80. The Morgan fingerprint density at radius 1 is 1.13 bits per heavy atom. The molecule has 0 aliphatic carbocycles. The third-order valence-corrected chi connectivity index (χ3v) is 6.13. The van der Waals surface area contributed by atoms with Crippen molar-refractivity contribution in [3.05, 3.63) is 88.8 Å². The van der Waals surface area contributed by atoms with Crippen molar-refractivity contribution in [2.75, 3.05) is 11.9 Å². The summed E-state index contributed by atoms with van der Waals surface area (Å²) in [7, 11) is 0. The summed E-state index contributed by atoms with van der Waals surface area (Å²) >= 11 is 5.78. The van der Waals surface area contributed by atoms with Crippen LogP contribution in [0.4, 0.5) is 10.1 Å². The maximum absolute atomic E-state index is 13.9. The second kappa shape index (κ2) is 8.94. The molecule has 4 aromatic rings. The molecule has 2 aromatic carbocycles. The number of aryl methyl sites for hydroxylation is 2. The van der Waals surface area contributed by atoms with E-state index < -0.39 is 0 Å². The molecule has 0 aliphatic heterocycles. The van der Waals surface area contributed by atoms with Gasteiger partial charge in [0.15, 0.2) is 5.11 Å². The molecule has 2 heterocycles. The topological polar surface area (TPSA) is 44.2 Å². The first-order chi connectivity index (χ1) is 14.9. The lowest BCUT2D eigenvalue weighted by Gasteiger charge is -2.26. The van der Waals surface area contributed by atoms with Crippen LogP contribution in [0.2, 0.25) is 0 Å². The summed E-state index contributed by atoms with van der Waals surface area (Å²) in [6.07, 6.45) is 2.39. The summed E-state index contributed by atoms with van der Waals surface area (Å²) in [5.74, 6) is 0.610. The van der Waals surface area contributed by atoms with Crippen LogP contribution in [0.1, 0.15) is 28.1 Å². The van der Waals surface area contributed by atoms with Gasteiger partial charge in [-0.15, -0.1) is 0 Å². The summed E-state index contributed by atoms with van der Waals surface area (Å²) in [6, 6.07) is 14.8.